The van der Waals surface area contributed by atoms with Crippen molar-refractivity contribution in [1.82, 2.24) is 9.97 Å². The molecule has 1 aromatic carbocycles. The standard InChI is InChI=1S/C17H15N3O2S/c18-13(12-1-2-15-16(7-12)22-10-21-15)8-17-20-14(9-23-17)11-3-5-19-6-4-11/h1-7,9,13H,8,10,18H2. The van der Waals surface area contributed by atoms with Gasteiger partial charge in [-0.25, -0.2) is 4.98 Å². The van der Waals surface area contributed by atoms with Gasteiger partial charge in [-0.05, 0) is 29.8 Å². The number of nitrogens with two attached hydrogens (primary N) is 1. The lowest BCUT2D eigenvalue weighted by atomic mass is 10.0. The van der Waals surface area contributed by atoms with Crippen molar-refractivity contribution >= 4 is 11.3 Å². The number of fused-ring (bicyclic) bond motifs is 1. The Hall–Kier alpha value is -2.44. The highest BCUT2D eigenvalue weighted by atomic mass is 32.1. The number of nitrogens with zero attached hydrogens (tertiary/aromatic N) is 2. The molecule has 0 saturated heterocycles. The number of aromatic nitrogens is 2. The first kappa shape index (κ1) is 14.2. The van der Waals surface area contributed by atoms with Crippen LogP contribution in [-0.4, -0.2) is 16.8 Å². The summed E-state index contributed by atoms with van der Waals surface area (Å²) in [4.78, 5) is 8.70. The van der Waals surface area contributed by atoms with Crippen molar-refractivity contribution in [2.45, 2.75) is 12.5 Å². The van der Waals surface area contributed by atoms with Gasteiger partial charge in [0.25, 0.3) is 0 Å². The molecule has 2 aromatic heterocycles. The number of hydrogen-bond donors (Lipinski definition) is 1. The molecule has 0 aliphatic carbocycles. The lowest BCUT2D eigenvalue weighted by molar-refractivity contribution is 0.174. The summed E-state index contributed by atoms with van der Waals surface area (Å²) in [6.07, 6.45) is 4.23. The van der Waals surface area contributed by atoms with E-state index >= 15 is 0 Å². The summed E-state index contributed by atoms with van der Waals surface area (Å²) in [5.74, 6) is 1.53. The lowest BCUT2D eigenvalue weighted by Crippen LogP contribution is -2.13. The van der Waals surface area contributed by atoms with Gasteiger partial charge in [-0.1, -0.05) is 6.07 Å². The molecule has 1 unspecified atom stereocenters. The molecule has 3 aromatic rings. The van der Waals surface area contributed by atoms with Crippen molar-refractivity contribution in [2.24, 2.45) is 5.73 Å². The van der Waals surface area contributed by atoms with Crippen molar-refractivity contribution in [2.75, 3.05) is 6.79 Å². The number of thiazole rings is 1. The van der Waals surface area contributed by atoms with Gasteiger partial charge in [0.2, 0.25) is 6.79 Å². The third-order valence-corrected chi connectivity index (χ3v) is 4.62. The molecule has 0 saturated carbocycles. The van der Waals surface area contributed by atoms with Crippen LogP contribution in [0.25, 0.3) is 11.3 Å². The van der Waals surface area contributed by atoms with E-state index in [1.165, 1.54) is 0 Å². The maximum atomic E-state index is 6.33. The third-order valence-electron chi connectivity index (χ3n) is 3.75. The highest BCUT2D eigenvalue weighted by Crippen LogP contribution is 2.34. The van der Waals surface area contributed by atoms with Gasteiger partial charge in [-0.15, -0.1) is 11.3 Å². The molecule has 4 rings (SSSR count). The molecule has 3 heterocycles. The van der Waals surface area contributed by atoms with E-state index in [9.17, 15) is 0 Å². The van der Waals surface area contributed by atoms with E-state index in [0.717, 1.165) is 33.3 Å². The predicted molar refractivity (Wildman–Crippen MR) is 88.5 cm³/mol. The monoisotopic (exact) mass is 325 g/mol. The molecule has 1 atom stereocenters. The number of rotatable bonds is 4. The highest BCUT2D eigenvalue weighted by Gasteiger charge is 2.17. The minimum atomic E-state index is -0.124. The molecule has 6 heteroatoms. The average molecular weight is 325 g/mol. The summed E-state index contributed by atoms with van der Waals surface area (Å²) in [5.41, 5.74) is 9.38. The van der Waals surface area contributed by atoms with Crippen LogP contribution >= 0.6 is 11.3 Å². The van der Waals surface area contributed by atoms with E-state index in [-0.39, 0.29) is 12.8 Å². The van der Waals surface area contributed by atoms with Gasteiger partial charge in [-0.2, -0.15) is 0 Å². The van der Waals surface area contributed by atoms with E-state index in [0.29, 0.717) is 6.42 Å². The molecular weight excluding hydrogens is 310 g/mol. The minimum absolute atomic E-state index is 0.124. The van der Waals surface area contributed by atoms with E-state index in [4.69, 9.17) is 15.2 Å². The molecule has 5 nitrogen and oxygen atoms in total. The molecule has 0 spiro atoms. The maximum absolute atomic E-state index is 6.33. The van der Waals surface area contributed by atoms with Crippen molar-refractivity contribution in [3.63, 3.8) is 0 Å². The van der Waals surface area contributed by atoms with Crippen LogP contribution in [0.3, 0.4) is 0 Å². The molecule has 0 fully saturated rings. The zero-order chi connectivity index (χ0) is 15.6. The van der Waals surface area contributed by atoms with Gasteiger partial charge in [0.1, 0.15) is 0 Å². The van der Waals surface area contributed by atoms with E-state index < -0.39 is 0 Å². The van der Waals surface area contributed by atoms with Crippen LogP contribution in [0.15, 0.2) is 48.1 Å². The summed E-state index contributed by atoms with van der Waals surface area (Å²) in [7, 11) is 0. The summed E-state index contributed by atoms with van der Waals surface area (Å²) >= 11 is 1.63. The smallest absolute Gasteiger partial charge is 0.231 e. The van der Waals surface area contributed by atoms with Crippen molar-refractivity contribution < 1.29 is 9.47 Å². The maximum Gasteiger partial charge on any atom is 0.231 e. The predicted octanol–water partition coefficient (Wildman–Crippen LogP) is 3.18. The Morgan fingerprint density at radius 1 is 1.13 bits per heavy atom. The first-order valence-electron chi connectivity index (χ1n) is 7.29. The second-order valence-electron chi connectivity index (χ2n) is 5.29. The van der Waals surface area contributed by atoms with Crippen molar-refractivity contribution in [1.29, 1.82) is 0 Å². The van der Waals surface area contributed by atoms with Crippen LogP contribution in [-0.2, 0) is 6.42 Å². The summed E-state index contributed by atoms with van der Waals surface area (Å²) in [5, 5.41) is 3.07. The molecule has 1 aliphatic rings. The first-order valence-corrected chi connectivity index (χ1v) is 8.17. The molecule has 0 amide bonds. The number of pyridine rings is 1. The van der Waals surface area contributed by atoms with Crippen LogP contribution in [0.1, 0.15) is 16.6 Å². The molecular formula is C17H15N3O2S. The average Bonchev–Trinajstić information content (AvgIpc) is 3.24. The Bertz CT molecular complexity index is 820. The Morgan fingerprint density at radius 2 is 1.96 bits per heavy atom. The van der Waals surface area contributed by atoms with Gasteiger partial charge >= 0.3 is 0 Å². The van der Waals surface area contributed by atoms with Crippen LogP contribution in [0.5, 0.6) is 11.5 Å². The quantitative estimate of drug-likeness (QED) is 0.798. The van der Waals surface area contributed by atoms with Crippen LogP contribution < -0.4 is 15.2 Å². The normalized spacial score (nSPS) is 14.0. The molecule has 1 aliphatic heterocycles. The van der Waals surface area contributed by atoms with Gasteiger partial charge in [0.05, 0.1) is 10.7 Å². The van der Waals surface area contributed by atoms with E-state index in [1.807, 2.05) is 30.3 Å². The molecule has 2 N–H and O–H groups in total. The molecule has 23 heavy (non-hydrogen) atoms. The molecule has 0 bridgehead atoms. The molecule has 0 radical (unpaired) electrons. The highest BCUT2D eigenvalue weighted by molar-refractivity contribution is 7.09. The largest absolute Gasteiger partial charge is 0.454 e. The zero-order valence-corrected chi connectivity index (χ0v) is 13.1. The number of ether oxygens (including phenoxy) is 2. The lowest BCUT2D eigenvalue weighted by Gasteiger charge is -2.11. The number of benzene rings is 1. The summed E-state index contributed by atoms with van der Waals surface area (Å²) in [6, 6.07) is 9.62. The Kier molecular flexibility index (Phi) is 3.69. The zero-order valence-electron chi connectivity index (χ0n) is 12.3. The van der Waals surface area contributed by atoms with Gasteiger partial charge in [-0.3, -0.25) is 4.98 Å². The topological polar surface area (TPSA) is 70.3 Å². The van der Waals surface area contributed by atoms with Crippen LogP contribution in [0.2, 0.25) is 0 Å². The van der Waals surface area contributed by atoms with Crippen LogP contribution in [0.4, 0.5) is 0 Å². The minimum Gasteiger partial charge on any atom is -0.454 e. The number of hydrogen-bond acceptors (Lipinski definition) is 6. The SMILES string of the molecule is NC(Cc1nc(-c2ccncc2)cs1)c1ccc2c(c1)OCO2. The second-order valence-corrected chi connectivity index (χ2v) is 6.23. The van der Waals surface area contributed by atoms with Gasteiger partial charge in [0, 0.05) is 35.8 Å². The van der Waals surface area contributed by atoms with Gasteiger partial charge < -0.3 is 15.2 Å². The summed E-state index contributed by atoms with van der Waals surface area (Å²) < 4.78 is 10.7. The third kappa shape index (κ3) is 2.91. The molecule has 116 valence electrons. The fourth-order valence-corrected chi connectivity index (χ4v) is 3.37. The fraction of sp³-hybridized carbons (Fsp3) is 0.176. The first-order chi connectivity index (χ1) is 11.3. The van der Waals surface area contributed by atoms with Gasteiger partial charge in [0.15, 0.2) is 11.5 Å². The fourth-order valence-electron chi connectivity index (χ4n) is 2.51. The van der Waals surface area contributed by atoms with Crippen molar-refractivity contribution in [3.8, 4) is 22.8 Å². The Morgan fingerprint density at radius 3 is 2.83 bits per heavy atom. The summed E-state index contributed by atoms with van der Waals surface area (Å²) in [6.45, 7) is 0.274. The Balaban J connectivity index is 1.51. The van der Waals surface area contributed by atoms with E-state index in [1.54, 1.807) is 23.7 Å². The van der Waals surface area contributed by atoms with Crippen LogP contribution in [0, 0.1) is 0 Å². The van der Waals surface area contributed by atoms with Crippen molar-refractivity contribution in [3.05, 3.63) is 58.7 Å². The second kappa shape index (κ2) is 5.98. The Labute approximate surface area is 137 Å². The van der Waals surface area contributed by atoms with E-state index in [2.05, 4.69) is 15.3 Å².